The highest BCUT2D eigenvalue weighted by molar-refractivity contribution is 5.77. The first-order chi connectivity index (χ1) is 8.49. The monoisotopic (exact) mass is 253 g/mol. The van der Waals surface area contributed by atoms with Gasteiger partial charge in [0.1, 0.15) is 5.76 Å². The van der Waals surface area contributed by atoms with Crippen LogP contribution in [0.2, 0.25) is 0 Å². The van der Waals surface area contributed by atoms with Crippen molar-refractivity contribution in [1.82, 2.24) is 15.6 Å². The summed E-state index contributed by atoms with van der Waals surface area (Å²) in [6, 6.07) is 0. The van der Waals surface area contributed by atoms with Gasteiger partial charge in [-0.05, 0) is 26.2 Å². The molecule has 0 aliphatic rings. The predicted octanol–water partition coefficient (Wildman–Crippen LogP) is 1.54. The maximum absolute atomic E-state index is 11.5. The van der Waals surface area contributed by atoms with E-state index in [4.69, 9.17) is 4.42 Å². The second kappa shape index (κ2) is 7.16. The average Bonchev–Trinajstić information content (AvgIpc) is 2.57. The molecule has 18 heavy (non-hydrogen) atoms. The van der Waals surface area contributed by atoms with Gasteiger partial charge in [-0.15, -0.1) is 0 Å². The van der Waals surface area contributed by atoms with Crippen molar-refractivity contribution in [3.63, 3.8) is 0 Å². The SMILES string of the molecule is Cc1nc(CNCC(=O)NCCC(C)C)oc1C. The van der Waals surface area contributed by atoms with Gasteiger partial charge in [0.05, 0.1) is 18.8 Å². The number of amides is 1. The number of nitrogens with zero attached hydrogens (tertiary/aromatic N) is 1. The second-order valence-corrected chi connectivity index (χ2v) is 4.89. The molecule has 0 fully saturated rings. The van der Waals surface area contributed by atoms with Crippen molar-refractivity contribution < 1.29 is 9.21 Å². The second-order valence-electron chi connectivity index (χ2n) is 4.89. The lowest BCUT2D eigenvalue weighted by atomic mass is 10.1. The Morgan fingerprint density at radius 3 is 2.67 bits per heavy atom. The lowest BCUT2D eigenvalue weighted by molar-refractivity contribution is -0.120. The van der Waals surface area contributed by atoms with E-state index in [9.17, 15) is 4.79 Å². The summed E-state index contributed by atoms with van der Waals surface area (Å²) in [5.41, 5.74) is 0.896. The van der Waals surface area contributed by atoms with Crippen molar-refractivity contribution >= 4 is 5.91 Å². The van der Waals surface area contributed by atoms with Crippen LogP contribution >= 0.6 is 0 Å². The molecule has 0 unspecified atom stereocenters. The van der Waals surface area contributed by atoms with Gasteiger partial charge in [-0.1, -0.05) is 13.8 Å². The van der Waals surface area contributed by atoms with E-state index in [1.807, 2.05) is 13.8 Å². The number of rotatable bonds is 7. The first kappa shape index (κ1) is 14.7. The first-order valence-electron chi connectivity index (χ1n) is 6.39. The van der Waals surface area contributed by atoms with Crippen LogP contribution in [0.15, 0.2) is 4.42 Å². The molecule has 0 spiro atoms. The standard InChI is InChI=1S/C13H23N3O2/c1-9(2)5-6-15-12(17)7-14-8-13-16-10(3)11(4)18-13/h9,14H,5-8H2,1-4H3,(H,15,17). The van der Waals surface area contributed by atoms with Crippen LogP contribution in [0.25, 0.3) is 0 Å². The summed E-state index contributed by atoms with van der Waals surface area (Å²) in [5, 5.41) is 5.88. The van der Waals surface area contributed by atoms with E-state index >= 15 is 0 Å². The summed E-state index contributed by atoms with van der Waals surface area (Å²) in [6.45, 7) is 9.56. The van der Waals surface area contributed by atoms with Crippen LogP contribution in [0.4, 0.5) is 0 Å². The Hall–Kier alpha value is -1.36. The quantitative estimate of drug-likeness (QED) is 0.773. The van der Waals surface area contributed by atoms with Crippen molar-refractivity contribution in [2.45, 2.75) is 40.7 Å². The third-order valence-electron chi connectivity index (χ3n) is 2.68. The minimum atomic E-state index is 0.00986. The normalized spacial score (nSPS) is 10.9. The lowest BCUT2D eigenvalue weighted by Gasteiger charge is -2.07. The van der Waals surface area contributed by atoms with Gasteiger partial charge < -0.3 is 9.73 Å². The Kier molecular flexibility index (Phi) is 5.85. The van der Waals surface area contributed by atoms with Crippen LogP contribution in [0, 0.1) is 19.8 Å². The largest absolute Gasteiger partial charge is 0.444 e. The molecule has 0 aliphatic heterocycles. The van der Waals surface area contributed by atoms with Gasteiger partial charge in [0, 0.05) is 6.54 Å². The van der Waals surface area contributed by atoms with Crippen LogP contribution < -0.4 is 10.6 Å². The highest BCUT2D eigenvalue weighted by Crippen LogP contribution is 2.07. The highest BCUT2D eigenvalue weighted by Gasteiger charge is 2.06. The zero-order valence-electron chi connectivity index (χ0n) is 11.7. The van der Waals surface area contributed by atoms with Crippen molar-refractivity contribution in [3.05, 3.63) is 17.3 Å². The molecule has 0 radical (unpaired) electrons. The lowest BCUT2D eigenvalue weighted by Crippen LogP contribution is -2.34. The predicted molar refractivity (Wildman–Crippen MR) is 70.1 cm³/mol. The molecule has 0 aliphatic carbocycles. The average molecular weight is 253 g/mol. The molecule has 1 heterocycles. The van der Waals surface area contributed by atoms with Crippen molar-refractivity contribution in [2.24, 2.45) is 5.92 Å². The van der Waals surface area contributed by atoms with E-state index in [1.54, 1.807) is 0 Å². The maximum atomic E-state index is 11.5. The summed E-state index contributed by atoms with van der Waals surface area (Å²) in [7, 11) is 0. The Balaban J connectivity index is 2.15. The zero-order valence-corrected chi connectivity index (χ0v) is 11.7. The first-order valence-corrected chi connectivity index (χ1v) is 6.39. The number of hydrogen-bond acceptors (Lipinski definition) is 4. The minimum absolute atomic E-state index is 0.00986. The van der Waals surface area contributed by atoms with Gasteiger partial charge in [0.2, 0.25) is 11.8 Å². The zero-order chi connectivity index (χ0) is 13.5. The van der Waals surface area contributed by atoms with Gasteiger partial charge in [0.25, 0.3) is 0 Å². The van der Waals surface area contributed by atoms with E-state index in [2.05, 4.69) is 29.5 Å². The molecule has 5 nitrogen and oxygen atoms in total. The van der Waals surface area contributed by atoms with Gasteiger partial charge >= 0.3 is 0 Å². The Bertz CT molecular complexity index is 366. The number of aromatic nitrogens is 1. The summed E-state index contributed by atoms with van der Waals surface area (Å²) in [6.07, 6.45) is 1.00. The van der Waals surface area contributed by atoms with Crippen molar-refractivity contribution in [3.8, 4) is 0 Å². The number of aryl methyl sites for hydroxylation is 2. The van der Waals surface area contributed by atoms with Crippen molar-refractivity contribution in [2.75, 3.05) is 13.1 Å². The highest BCUT2D eigenvalue weighted by atomic mass is 16.4. The molecule has 1 aromatic heterocycles. The molecule has 0 saturated carbocycles. The van der Waals surface area contributed by atoms with E-state index in [-0.39, 0.29) is 5.91 Å². The summed E-state index contributed by atoms with van der Waals surface area (Å²) in [5.74, 6) is 2.07. The molecule has 102 valence electrons. The molecule has 5 heteroatoms. The van der Waals surface area contributed by atoms with Gasteiger partial charge in [-0.2, -0.15) is 0 Å². The molecule has 0 saturated heterocycles. The van der Waals surface area contributed by atoms with Gasteiger partial charge in [-0.3, -0.25) is 10.1 Å². The van der Waals surface area contributed by atoms with E-state index in [1.165, 1.54) is 0 Å². The van der Waals surface area contributed by atoms with E-state index in [0.717, 1.165) is 24.4 Å². The molecule has 1 aromatic rings. The third kappa shape index (κ3) is 5.31. The van der Waals surface area contributed by atoms with Crippen LogP contribution in [0.3, 0.4) is 0 Å². The van der Waals surface area contributed by atoms with Crippen molar-refractivity contribution in [1.29, 1.82) is 0 Å². The molecular weight excluding hydrogens is 230 g/mol. The van der Waals surface area contributed by atoms with Crippen LogP contribution in [-0.4, -0.2) is 24.0 Å². The van der Waals surface area contributed by atoms with E-state index < -0.39 is 0 Å². The minimum Gasteiger partial charge on any atom is -0.444 e. The number of carbonyl (C=O) groups excluding carboxylic acids is 1. The fraction of sp³-hybridized carbons (Fsp3) is 0.692. The fourth-order valence-electron chi connectivity index (χ4n) is 1.46. The fourth-order valence-corrected chi connectivity index (χ4v) is 1.46. The molecular formula is C13H23N3O2. The molecule has 0 aromatic carbocycles. The summed E-state index contributed by atoms with van der Waals surface area (Å²) in [4.78, 5) is 15.7. The molecule has 1 amide bonds. The topological polar surface area (TPSA) is 67.2 Å². The smallest absolute Gasteiger partial charge is 0.233 e. The van der Waals surface area contributed by atoms with Crippen LogP contribution in [0.1, 0.15) is 37.6 Å². The summed E-state index contributed by atoms with van der Waals surface area (Å²) >= 11 is 0. The molecule has 1 rings (SSSR count). The Labute approximate surface area is 108 Å². The van der Waals surface area contributed by atoms with E-state index in [0.29, 0.717) is 24.9 Å². The van der Waals surface area contributed by atoms with Gasteiger partial charge in [0.15, 0.2) is 0 Å². The molecule has 0 bridgehead atoms. The number of carbonyl (C=O) groups is 1. The molecule has 0 atom stereocenters. The third-order valence-corrected chi connectivity index (χ3v) is 2.68. The van der Waals surface area contributed by atoms with Crippen LogP contribution in [0.5, 0.6) is 0 Å². The Morgan fingerprint density at radius 2 is 2.11 bits per heavy atom. The number of nitrogens with one attached hydrogen (secondary N) is 2. The van der Waals surface area contributed by atoms with Crippen LogP contribution in [-0.2, 0) is 11.3 Å². The molecule has 2 N–H and O–H groups in total. The number of hydrogen-bond donors (Lipinski definition) is 2. The summed E-state index contributed by atoms with van der Waals surface area (Å²) < 4.78 is 5.40. The maximum Gasteiger partial charge on any atom is 0.233 e. The number of oxazole rings is 1. The Morgan fingerprint density at radius 1 is 1.39 bits per heavy atom. The van der Waals surface area contributed by atoms with Gasteiger partial charge in [-0.25, -0.2) is 4.98 Å².